The first-order valence-corrected chi connectivity index (χ1v) is 12.3. The summed E-state index contributed by atoms with van der Waals surface area (Å²) in [5, 5.41) is 2.69. The molecule has 0 aliphatic carbocycles. The quantitative estimate of drug-likeness (QED) is 0.604. The van der Waals surface area contributed by atoms with Crippen LogP contribution in [0, 0.1) is 5.92 Å². The van der Waals surface area contributed by atoms with Gasteiger partial charge in [-0.3, -0.25) is 4.79 Å². The van der Waals surface area contributed by atoms with Crippen molar-refractivity contribution in [1.82, 2.24) is 4.31 Å². The van der Waals surface area contributed by atoms with Gasteiger partial charge in [0.05, 0.1) is 29.7 Å². The molecule has 34 heavy (non-hydrogen) atoms. The van der Waals surface area contributed by atoms with Gasteiger partial charge in [-0.2, -0.15) is 13.2 Å². The molecule has 3 rings (SSSR count). The van der Waals surface area contributed by atoms with E-state index in [9.17, 15) is 31.2 Å². The van der Waals surface area contributed by atoms with Crippen LogP contribution in [0.3, 0.4) is 0 Å². The van der Waals surface area contributed by atoms with Gasteiger partial charge in [0.15, 0.2) is 0 Å². The predicted molar refractivity (Wildman–Crippen MR) is 121 cm³/mol. The number of alkyl halides is 3. The number of rotatable bonds is 6. The minimum absolute atomic E-state index is 0.00300. The predicted octanol–water partition coefficient (Wildman–Crippen LogP) is 4.16. The van der Waals surface area contributed by atoms with Crippen LogP contribution in [0.15, 0.2) is 42.5 Å². The maximum Gasteiger partial charge on any atom is 0.416 e. The molecule has 7 nitrogen and oxygen atoms in total. The van der Waals surface area contributed by atoms with Gasteiger partial charge in [-0.15, -0.1) is 0 Å². The lowest BCUT2D eigenvalue weighted by Gasteiger charge is -2.30. The van der Waals surface area contributed by atoms with Crippen LogP contribution >= 0.6 is 0 Å². The number of amides is 1. The van der Waals surface area contributed by atoms with E-state index in [2.05, 4.69) is 5.32 Å². The fourth-order valence-electron chi connectivity index (χ4n) is 3.80. The summed E-state index contributed by atoms with van der Waals surface area (Å²) in [5.74, 6) is -1.58. The van der Waals surface area contributed by atoms with Crippen LogP contribution in [0.25, 0.3) is 11.1 Å². The first-order valence-electron chi connectivity index (χ1n) is 10.6. The summed E-state index contributed by atoms with van der Waals surface area (Å²) in [6.07, 6.45) is -3.84. The van der Waals surface area contributed by atoms with Crippen LogP contribution in [0.5, 0.6) is 0 Å². The number of halogens is 3. The minimum Gasteiger partial charge on any atom is -0.465 e. The van der Waals surface area contributed by atoms with Gasteiger partial charge in [-0.1, -0.05) is 18.2 Å². The fraction of sp³-hybridized carbons (Fsp3) is 0.391. The summed E-state index contributed by atoms with van der Waals surface area (Å²) in [5.41, 5.74) is -0.0590. The Labute approximate surface area is 196 Å². The molecule has 0 atom stereocenters. The molecule has 2 aromatic rings. The number of piperidine rings is 1. The average Bonchev–Trinajstić information content (AvgIpc) is 2.83. The molecule has 1 aliphatic rings. The summed E-state index contributed by atoms with van der Waals surface area (Å²) in [4.78, 5) is 25.2. The van der Waals surface area contributed by atoms with E-state index in [4.69, 9.17) is 4.74 Å². The van der Waals surface area contributed by atoms with Crippen molar-refractivity contribution in [2.45, 2.75) is 25.9 Å². The van der Waals surface area contributed by atoms with E-state index < -0.39 is 33.7 Å². The molecule has 1 saturated heterocycles. The zero-order valence-electron chi connectivity index (χ0n) is 18.7. The van der Waals surface area contributed by atoms with Crippen molar-refractivity contribution >= 4 is 27.6 Å². The Morgan fingerprint density at radius 2 is 1.74 bits per heavy atom. The maximum atomic E-state index is 13.1. The highest BCUT2D eigenvalue weighted by Crippen LogP contribution is 2.33. The highest BCUT2D eigenvalue weighted by molar-refractivity contribution is 7.89. The number of hydrogen-bond donors (Lipinski definition) is 1. The lowest BCUT2D eigenvalue weighted by atomic mass is 9.96. The lowest BCUT2D eigenvalue weighted by Crippen LogP contribution is -2.42. The molecule has 11 heteroatoms. The third-order valence-electron chi connectivity index (χ3n) is 5.79. The lowest BCUT2D eigenvalue weighted by molar-refractivity contribution is -0.137. The van der Waals surface area contributed by atoms with Crippen molar-refractivity contribution in [1.29, 1.82) is 0 Å². The molecule has 0 aromatic heterocycles. The largest absolute Gasteiger partial charge is 0.465 e. The smallest absolute Gasteiger partial charge is 0.416 e. The van der Waals surface area contributed by atoms with Crippen molar-refractivity contribution in [2.24, 2.45) is 5.92 Å². The van der Waals surface area contributed by atoms with Crippen molar-refractivity contribution < 1.29 is 35.9 Å². The Kier molecular flexibility index (Phi) is 7.67. The van der Waals surface area contributed by atoms with Crippen LogP contribution in [-0.4, -0.2) is 50.6 Å². The molecule has 0 spiro atoms. The molecule has 1 fully saturated rings. The van der Waals surface area contributed by atoms with E-state index in [1.54, 1.807) is 6.92 Å². The van der Waals surface area contributed by atoms with Crippen molar-refractivity contribution in [3.63, 3.8) is 0 Å². The monoisotopic (exact) mass is 498 g/mol. The summed E-state index contributed by atoms with van der Waals surface area (Å²) in [7, 11) is -2.16. The van der Waals surface area contributed by atoms with Crippen LogP contribution < -0.4 is 5.32 Å². The number of carbonyl (C=O) groups is 2. The number of esters is 1. The van der Waals surface area contributed by atoms with Gasteiger partial charge in [-0.25, -0.2) is 17.5 Å². The van der Waals surface area contributed by atoms with Gasteiger partial charge in [0.2, 0.25) is 15.9 Å². The summed E-state index contributed by atoms with van der Waals surface area (Å²) < 4.78 is 69.4. The standard InChI is InChI=1S/C23H25F3N2O5S/c1-3-34(31,32)28-11-9-15(10-12-28)21(29)27-20-8-7-17(14-19(20)22(30)33-2)16-5-4-6-18(13-16)23(24,25)26/h4-8,13-15H,3,9-12H2,1-2H3,(H,27,29). The first kappa shape index (κ1) is 25.7. The molecule has 0 unspecified atom stereocenters. The Morgan fingerprint density at radius 1 is 1.09 bits per heavy atom. The van der Waals surface area contributed by atoms with E-state index in [0.717, 1.165) is 19.2 Å². The molecular weight excluding hydrogens is 473 g/mol. The minimum atomic E-state index is -4.51. The molecule has 1 aliphatic heterocycles. The number of sulfonamides is 1. The third-order valence-corrected chi connectivity index (χ3v) is 7.67. The summed E-state index contributed by atoms with van der Waals surface area (Å²) in [6.45, 7) is 2.02. The van der Waals surface area contributed by atoms with E-state index in [-0.39, 0.29) is 41.6 Å². The number of hydrogen-bond acceptors (Lipinski definition) is 5. The fourth-order valence-corrected chi connectivity index (χ4v) is 4.93. The topological polar surface area (TPSA) is 92.8 Å². The summed E-state index contributed by atoms with van der Waals surface area (Å²) in [6, 6.07) is 9.01. The molecule has 2 aromatic carbocycles. The van der Waals surface area contributed by atoms with Gasteiger partial charge in [0.1, 0.15) is 0 Å². The number of anilines is 1. The van der Waals surface area contributed by atoms with E-state index in [1.807, 2.05) is 0 Å². The van der Waals surface area contributed by atoms with E-state index >= 15 is 0 Å². The number of nitrogens with zero attached hydrogens (tertiary/aromatic N) is 1. The van der Waals surface area contributed by atoms with Gasteiger partial charge < -0.3 is 10.1 Å². The third kappa shape index (κ3) is 5.76. The highest BCUT2D eigenvalue weighted by Gasteiger charge is 2.32. The van der Waals surface area contributed by atoms with Crippen LogP contribution in [0.1, 0.15) is 35.7 Å². The second-order valence-electron chi connectivity index (χ2n) is 7.89. The van der Waals surface area contributed by atoms with Crippen molar-refractivity contribution in [3.05, 3.63) is 53.6 Å². The molecule has 0 bridgehead atoms. The second kappa shape index (κ2) is 10.1. The van der Waals surface area contributed by atoms with Gasteiger partial charge in [0, 0.05) is 19.0 Å². The number of nitrogens with one attached hydrogen (secondary N) is 1. The van der Waals surface area contributed by atoms with Crippen LogP contribution in [0.2, 0.25) is 0 Å². The first-order chi connectivity index (χ1) is 16.0. The average molecular weight is 499 g/mol. The van der Waals surface area contributed by atoms with Gasteiger partial charge in [-0.05, 0) is 55.2 Å². The van der Waals surface area contributed by atoms with Crippen LogP contribution in [-0.2, 0) is 25.7 Å². The van der Waals surface area contributed by atoms with Crippen LogP contribution in [0.4, 0.5) is 18.9 Å². The molecule has 1 N–H and O–H groups in total. The highest BCUT2D eigenvalue weighted by atomic mass is 32.2. The Hall–Kier alpha value is -2.92. The maximum absolute atomic E-state index is 13.1. The molecule has 184 valence electrons. The molecule has 1 amide bonds. The Morgan fingerprint density at radius 3 is 2.32 bits per heavy atom. The number of ether oxygens (including phenoxy) is 1. The molecular formula is C23H25F3N2O5S. The molecule has 1 heterocycles. The van der Waals surface area contributed by atoms with Gasteiger partial charge >= 0.3 is 12.1 Å². The normalized spacial score (nSPS) is 15.7. The second-order valence-corrected chi connectivity index (χ2v) is 10.2. The number of benzene rings is 2. The number of carbonyl (C=O) groups excluding carboxylic acids is 2. The Bertz CT molecular complexity index is 1170. The van der Waals surface area contributed by atoms with Crippen molar-refractivity contribution in [3.8, 4) is 11.1 Å². The van der Waals surface area contributed by atoms with Gasteiger partial charge in [0.25, 0.3) is 0 Å². The SMILES string of the molecule is CCS(=O)(=O)N1CCC(C(=O)Nc2ccc(-c3cccc(C(F)(F)F)c3)cc2C(=O)OC)CC1. The Balaban J connectivity index is 1.82. The zero-order chi connectivity index (χ0) is 25.1. The number of methoxy groups -OCH3 is 1. The molecule has 0 radical (unpaired) electrons. The zero-order valence-corrected chi connectivity index (χ0v) is 19.5. The van der Waals surface area contributed by atoms with E-state index in [0.29, 0.717) is 18.4 Å². The summed E-state index contributed by atoms with van der Waals surface area (Å²) >= 11 is 0. The van der Waals surface area contributed by atoms with Crippen molar-refractivity contribution in [2.75, 3.05) is 31.3 Å². The molecule has 0 saturated carbocycles. The van der Waals surface area contributed by atoms with E-state index in [1.165, 1.54) is 34.6 Å².